The summed E-state index contributed by atoms with van der Waals surface area (Å²) in [4.78, 5) is 0. The summed E-state index contributed by atoms with van der Waals surface area (Å²) in [6.07, 6.45) is -1.39. The van der Waals surface area contributed by atoms with Crippen molar-refractivity contribution in [1.82, 2.24) is 0 Å². The maximum Gasteiger partial charge on any atom is 0.158 e. The predicted octanol–water partition coefficient (Wildman–Crippen LogP) is 0.373. The van der Waals surface area contributed by atoms with Crippen LogP contribution in [0, 0.1) is 5.92 Å². The molecule has 5 nitrogen and oxygen atoms in total. The van der Waals surface area contributed by atoms with Gasteiger partial charge in [-0.3, -0.25) is 0 Å². The van der Waals surface area contributed by atoms with Crippen LogP contribution in [-0.2, 0) is 0 Å². The highest BCUT2D eigenvalue weighted by molar-refractivity contribution is 5.89. The van der Waals surface area contributed by atoms with Gasteiger partial charge in [0.2, 0.25) is 0 Å². The lowest BCUT2D eigenvalue weighted by atomic mass is 9.98. The highest BCUT2D eigenvalue weighted by Crippen LogP contribution is 2.28. The predicted molar refractivity (Wildman–Crippen MR) is 66.8 cm³/mol. The second-order valence-electron chi connectivity index (χ2n) is 4.10. The molecule has 17 heavy (non-hydrogen) atoms. The minimum Gasteiger partial charge on any atom is -0.412 e. The number of anilines is 1. The molecular weight excluding hydrogens is 220 g/mol. The number of rotatable bonds is 2. The molecule has 94 valence electrons. The van der Waals surface area contributed by atoms with Crippen molar-refractivity contribution in [1.29, 1.82) is 0 Å². The van der Waals surface area contributed by atoms with Gasteiger partial charge in [0.15, 0.2) is 6.23 Å². The Hall–Kier alpha value is -1.43. The molecule has 0 saturated heterocycles. The Balaban J connectivity index is 0.00000144. The van der Waals surface area contributed by atoms with Crippen molar-refractivity contribution in [3.05, 3.63) is 30.3 Å². The van der Waals surface area contributed by atoms with E-state index in [2.05, 4.69) is 5.10 Å². The fraction of sp³-hybridized carbons (Fsp3) is 0.417. The fourth-order valence-corrected chi connectivity index (χ4v) is 2.05. The van der Waals surface area contributed by atoms with Gasteiger partial charge in [0.1, 0.15) is 0 Å². The van der Waals surface area contributed by atoms with Crippen molar-refractivity contribution >= 4 is 11.4 Å². The zero-order valence-corrected chi connectivity index (χ0v) is 9.91. The minimum atomic E-state index is -0.789. The number of aliphatic hydroxyl groups excluding tert-OH is 2. The SMILES string of the molecule is CC1=NN(c2ccccc2)C(O)C1C(C)O.O. The summed E-state index contributed by atoms with van der Waals surface area (Å²) in [6, 6.07) is 9.45. The highest BCUT2D eigenvalue weighted by Gasteiger charge is 2.37. The van der Waals surface area contributed by atoms with Crippen molar-refractivity contribution in [2.45, 2.75) is 26.2 Å². The molecule has 0 saturated carbocycles. The Labute approximate surface area is 100 Å². The fourth-order valence-electron chi connectivity index (χ4n) is 2.05. The van der Waals surface area contributed by atoms with Crippen LogP contribution < -0.4 is 5.01 Å². The number of aliphatic hydroxyl groups is 2. The molecule has 0 amide bonds. The van der Waals surface area contributed by atoms with Crippen LogP contribution >= 0.6 is 0 Å². The van der Waals surface area contributed by atoms with E-state index in [1.54, 1.807) is 11.9 Å². The smallest absolute Gasteiger partial charge is 0.158 e. The lowest BCUT2D eigenvalue weighted by molar-refractivity contribution is 0.0635. The molecule has 3 unspecified atom stereocenters. The lowest BCUT2D eigenvalue weighted by Crippen LogP contribution is -2.38. The number of hydrazone groups is 1. The normalized spacial score (nSPS) is 25.2. The van der Waals surface area contributed by atoms with Crippen molar-refractivity contribution in [2.75, 3.05) is 5.01 Å². The van der Waals surface area contributed by atoms with Crippen molar-refractivity contribution < 1.29 is 15.7 Å². The van der Waals surface area contributed by atoms with E-state index in [1.165, 1.54) is 0 Å². The quantitative estimate of drug-likeness (QED) is 0.780. The van der Waals surface area contributed by atoms with Gasteiger partial charge in [-0.25, -0.2) is 5.01 Å². The maximum absolute atomic E-state index is 10.1. The van der Waals surface area contributed by atoms with E-state index >= 15 is 0 Å². The van der Waals surface area contributed by atoms with E-state index in [0.29, 0.717) is 0 Å². The maximum atomic E-state index is 10.1. The molecule has 0 spiro atoms. The highest BCUT2D eigenvalue weighted by atomic mass is 16.3. The molecule has 0 bridgehead atoms. The number of para-hydroxylation sites is 1. The molecule has 0 fully saturated rings. The first-order valence-corrected chi connectivity index (χ1v) is 5.37. The van der Waals surface area contributed by atoms with E-state index in [1.807, 2.05) is 37.3 Å². The lowest BCUT2D eigenvalue weighted by Gasteiger charge is -2.24. The van der Waals surface area contributed by atoms with Crippen molar-refractivity contribution in [3.8, 4) is 0 Å². The Morgan fingerprint density at radius 1 is 1.29 bits per heavy atom. The zero-order valence-electron chi connectivity index (χ0n) is 9.91. The summed E-state index contributed by atoms with van der Waals surface area (Å²) in [7, 11) is 0. The zero-order chi connectivity index (χ0) is 11.7. The van der Waals surface area contributed by atoms with Gasteiger partial charge >= 0.3 is 0 Å². The average molecular weight is 238 g/mol. The molecule has 0 aromatic heterocycles. The van der Waals surface area contributed by atoms with Crippen LogP contribution in [0.2, 0.25) is 0 Å². The minimum absolute atomic E-state index is 0. The molecule has 0 radical (unpaired) electrons. The molecule has 3 atom stereocenters. The monoisotopic (exact) mass is 238 g/mol. The van der Waals surface area contributed by atoms with Crippen LogP contribution in [0.4, 0.5) is 5.69 Å². The Morgan fingerprint density at radius 2 is 1.88 bits per heavy atom. The van der Waals surface area contributed by atoms with Crippen LogP contribution in [0.1, 0.15) is 13.8 Å². The molecule has 5 heteroatoms. The van der Waals surface area contributed by atoms with E-state index < -0.39 is 12.3 Å². The third kappa shape index (κ3) is 2.46. The molecule has 1 aliphatic heterocycles. The second kappa shape index (κ2) is 5.27. The molecule has 4 N–H and O–H groups in total. The molecular formula is C12H18N2O3. The van der Waals surface area contributed by atoms with Gasteiger partial charge in [-0.15, -0.1) is 0 Å². The van der Waals surface area contributed by atoms with E-state index in [4.69, 9.17) is 0 Å². The van der Waals surface area contributed by atoms with Gasteiger partial charge in [-0.05, 0) is 26.0 Å². The molecule has 1 aromatic rings. The van der Waals surface area contributed by atoms with Gasteiger partial charge in [0, 0.05) is 5.71 Å². The summed E-state index contributed by atoms with van der Waals surface area (Å²) in [5.41, 5.74) is 1.59. The van der Waals surface area contributed by atoms with Gasteiger partial charge < -0.3 is 15.7 Å². The van der Waals surface area contributed by atoms with Crippen LogP contribution in [-0.4, -0.2) is 33.7 Å². The second-order valence-corrected chi connectivity index (χ2v) is 4.10. The number of benzene rings is 1. The first-order valence-electron chi connectivity index (χ1n) is 5.37. The molecule has 2 rings (SSSR count). The van der Waals surface area contributed by atoms with Gasteiger partial charge in [0.05, 0.1) is 17.7 Å². The van der Waals surface area contributed by atoms with Crippen LogP contribution in [0.3, 0.4) is 0 Å². The summed E-state index contributed by atoms with van der Waals surface area (Å²) in [5, 5.41) is 25.5. The third-order valence-electron chi connectivity index (χ3n) is 2.86. The topological polar surface area (TPSA) is 87.6 Å². The molecule has 0 aliphatic carbocycles. The van der Waals surface area contributed by atoms with E-state index in [9.17, 15) is 10.2 Å². The van der Waals surface area contributed by atoms with E-state index in [0.717, 1.165) is 11.4 Å². The Kier molecular flexibility index (Phi) is 4.22. The Morgan fingerprint density at radius 3 is 2.35 bits per heavy atom. The molecule has 1 aromatic carbocycles. The van der Waals surface area contributed by atoms with E-state index in [-0.39, 0.29) is 11.4 Å². The summed E-state index contributed by atoms with van der Waals surface area (Å²) in [5.74, 6) is -0.319. The first-order chi connectivity index (χ1) is 7.61. The standard InChI is InChI=1S/C12H16N2O2.H2O/c1-8-11(9(2)15)12(16)14(13-8)10-6-4-3-5-7-10;/h3-7,9,11-12,15-16H,1-2H3;1H2. The average Bonchev–Trinajstić information content (AvgIpc) is 2.55. The van der Waals surface area contributed by atoms with Crippen LogP contribution in [0.25, 0.3) is 0 Å². The number of nitrogens with zero attached hydrogens (tertiary/aromatic N) is 2. The summed E-state index contributed by atoms with van der Waals surface area (Å²) >= 11 is 0. The van der Waals surface area contributed by atoms with Gasteiger partial charge in [0.25, 0.3) is 0 Å². The molecule has 1 heterocycles. The summed E-state index contributed by atoms with van der Waals surface area (Å²) in [6.45, 7) is 3.49. The van der Waals surface area contributed by atoms with Crippen LogP contribution in [0.5, 0.6) is 0 Å². The number of hydrogen-bond donors (Lipinski definition) is 2. The first kappa shape index (κ1) is 13.6. The van der Waals surface area contributed by atoms with Crippen molar-refractivity contribution in [2.24, 2.45) is 11.0 Å². The van der Waals surface area contributed by atoms with Gasteiger partial charge in [-0.1, -0.05) is 18.2 Å². The summed E-state index contributed by atoms with van der Waals surface area (Å²) < 4.78 is 0. The Bertz CT molecular complexity index is 392. The molecule has 1 aliphatic rings. The largest absolute Gasteiger partial charge is 0.412 e. The van der Waals surface area contributed by atoms with Crippen molar-refractivity contribution in [3.63, 3.8) is 0 Å². The number of hydrogen-bond acceptors (Lipinski definition) is 4. The van der Waals surface area contributed by atoms with Crippen LogP contribution in [0.15, 0.2) is 35.4 Å². The van der Waals surface area contributed by atoms with Gasteiger partial charge in [-0.2, -0.15) is 5.10 Å². The third-order valence-corrected chi connectivity index (χ3v) is 2.86.